The van der Waals surface area contributed by atoms with Crippen LogP contribution in [0.15, 0.2) is 89.1 Å². The Morgan fingerprint density at radius 2 is 1.56 bits per heavy atom. The van der Waals surface area contributed by atoms with E-state index in [2.05, 4.69) is 16.8 Å². The minimum absolute atomic E-state index is 0.0583. The Morgan fingerprint density at radius 3 is 2.19 bits per heavy atom. The van der Waals surface area contributed by atoms with E-state index < -0.39 is 11.9 Å². The van der Waals surface area contributed by atoms with Gasteiger partial charge in [-0.15, -0.1) is 5.11 Å². The molecule has 0 aliphatic carbocycles. The fourth-order valence-corrected chi connectivity index (χ4v) is 2.98. The van der Waals surface area contributed by atoms with Crippen LogP contribution in [0.5, 0.6) is 11.5 Å². The summed E-state index contributed by atoms with van der Waals surface area (Å²) in [6, 6.07) is 17.4. The third kappa shape index (κ3) is 6.63. The molecule has 9 heteroatoms. The van der Waals surface area contributed by atoms with Crippen molar-refractivity contribution in [2.75, 3.05) is 20.3 Å². The van der Waals surface area contributed by atoms with Crippen LogP contribution in [-0.4, -0.2) is 43.2 Å². The summed E-state index contributed by atoms with van der Waals surface area (Å²) in [5.74, 6) is -1.52. The molecule has 3 aromatic rings. The van der Waals surface area contributed by atoms with E-state index in [9.17, 15) is 19.5 Å². The maximum absolute atomic E-state index is 12.8. The molecule has 0 saturated heterocycles. The SMILES string of the molecule is C=C(C)C(=O)OCCOC(=O)c1ccc(/N=N/c2cc(C(=O)c3ccccc3)c(O)cc2OC)cc1. The molecule has 3 rings (SSSR count). The monoisotopic (exact) mass is 488 g/mol. The number of azo groups is 1. The lowest BCUT2D eigenvalue weighted by Crippen LogP contribution is -2.14. The predicted octanol–water partition coefficient (Wildman–Crippen LogP) is 5.32. The highest BCUT2D eigenvalue weighted by molar-refractivity contribution is 6.11. The summed E-state index contributed by atoms with van der Waals surface area (Å²) in [4.78, 5) is 36.3. The molecule has 3 aromatic carbocycles. The summed E-state index contributed by atoms with van der Waals surface area (Å²) >= 11 is 0. The number of ether oxygens (including phenoxy) is 3. The molecule has 0 unspecified atom stereocenters. The zero-order valence-electron chi connectivity index (χ0n) is 19.8. The fourth-order valence-electron chi connectivity index (χ4n) is 2.98. The number of nitrogens with zero attached hydrogens (tertiary/aromatic N) is 2. The molecular formula is C27H24N2O7. The van der Waals surface area contributed by atoms with Crippen molar-refractivity contribution in [3.63, 3.8) is 0 Å². The number of phenolic OH excluding ortho intramolecular Hbond substituents is 1. The van der Waals surface area contributed by atoms with Crippen molar-refractivity contribution in [1.29, 1.82) is 0 Å². The lowest BCUT2D eigenvalue weighted by Gasteiger charge is -2.09. The van der Waals surface area contributed by atoms with Crippen molar-refractivity contribution in [2.24, 2.45) is 10.2 Å². The van der Waals surface area contributed by atoms with Crippen molar-refractivity contribution in [1.82, 2.24) is 0 Å². The maximum Gasteiger partial charge on any atom is 0.338 e. The van der Waals surface area contributed by atoms with Crippen LogP contribution in [0, 0.1) is 0 Å². The summed E-state index contributed by atoms with van der Waals surface area (Å²) in [5.41, 5.74) is 1.67. The number of aromatic hydroxyl groups is 1. The van der Waals surface area contributed by atoms with E-state index in [1.807, 2.05) is 0 Å². The Morgan fingerprint density at radius 1 is 0.889 bits per heavy atom. The van der Waals surface area contributed by atoms with Crippen LogP contribution in [0.25, 0.3) is 0 Å². The lowest BCUT2D eigenvalue weighted by atomic mass is 10.0. The number of esters is 2. The Hall–Kier alpha value is -4.79. The highest BCUT2D eigenvalue weighted by Crippen LogP contribution is 2.36. The quantitative estimate of drug-likeness (QED) is 0.135. The largest absolute Gasteiger partial charge is 0.507 e. The van der Waals surface area contributed by atoms with Gasteiger partial charge in [0.05, 0.1) is 23.9 Å². The molecule has 0 bridgehead atoms. The predicted molar refractivity (Wildman–Crippen MR) is 131 cm³/mol. The van der Waals surface area contributed by atoms with Gasteiger partial charge in [0.2, 0.25) is 0 Å². The zero-order valence-corrected chi connectivity index (χ0v) is 19.8. The fraction of sp³-hybridized carbons (Fsp3) is 0.148. The lowest BCUT2D eigenvalue weighted by molar-refractivity contribution is -0.140. The van der Waals surface area contributed by atoms with Crippen LogP contribution in [0.3, 0.4) is 0 Å². The van der Waals surface area contributed by atoms with Crippen LogP contribution < -0.4 is 4.74 Å². The molecule has 0 fully saturated rings. The number of methoxy groups -OCH3 is 1. The number of hydrogen-bond donors (Lipinski definition) is 1. The van der Waals surface area contributed by atoms with Crippen LogP contribution in [0.4, 0.5) is 11.4 Å². The van der Waals surface area contributed by atoms with Crippen LogP contribution in [-0.2, 0) is 14.3 Å². The molecule has 0 heterocycles. The van der Waals surface area contributed by atoms with Gasteiger partial charge in [0.25, 0.3) is 0 Å². The van der Waals surface area contributed by atoms with E-state index >= 15 is 0 Å². The smallest absolute Gasteiger partial charge is 0.338 e. The molecule has 0 aliphatic rings. The molecular weight excluding hydrogens is 464 g/mol. The molecule has 0 saturated carbocycles. The topological polar surface area (TPSA) is 124 Å². The minimum Gasteiger partial charge on any atom is -0.507 e. The maximum atomic E-state index is 12.8. The number of phenols is 1. The van der Waals surface area contributed by atoms with Gasteiger partial charge < -0.3 is 19.3 Å². The van der Waals surface area contributed by atoms with Gasteiger partial charge in [-0.05, 0) is 37.3 Å². The van der Waals surface area contributed by atoms with Crippen LogP contribution in [0.1, 0.15) is 33.2 Å². The molecule has 0 spiro atoms. The van der Waals surface area contributed by atoms with E-state index in [-0.39, 0.29) is 52.9 Å². The molecule has 0 radical (unpaired) electrons. The van der Waals surface area contributed by atoms with Gasteiger partial charge in [-0.25, -0.2) is 9.59 Å². The molecule has 184 valence electrons. The Bertz CT molecular complexity index is 1300. The van der Waals surface area contributed by atoms with Crippen molar-refractivity contribution >= 4 is 29.1 Å². The first-order valence-corrected chi connectivity index (χ1v) is 10.8. The number of benzene rings is 3. The normalized spacial score (nSPS) is 10.6. The van der Waals surface area contributed by atoms with E-state index in [0.29, 0.717) is 11.3 Å². The van der Waals surface area contributed by atoms with Crippen molar-refractivity contribution < 1.29 is 33.7 Å². The third-order valence-electron chi connectivity index (χ3n) is 4.85. The first-order chi connectivity index (χ1) is 17.3. The third-order valence-corrected chi connectivity index (χ3v) is 4.85. The molecule has 0 atom stereocenters. The van der Waals surface area contributed by atoms with Gasteiger partial charge in [0.1, 0.15) is 30.4 Å². The first kappa shape index (κ1) is 25.8. The molecule has 36 heavy (non-hydrogen) atoms. The minimum atomic E-state index is -0.589. The molecule has 9 nitrogen and oxygen atoms in total. The number of rotatable bonds is 10. The van der Waals surface area contributed by atoms with Crippen LogP contribution in [0.2, 0.25) is 0 Å². The summed E-state index contributed by atoms with van der Waals surface area (Å²) in [6.45, 7) is 4.82. The van der Waals surface area contributed by atoms with E-state index in [1.54, 1.807) is 42.5 Å². The molecule has 1 N–H and O–H groups in total. The van der Waals surface area contributed by atoms with Crippen molar-refractivity contribution in [2.45, 2.75) is 6.92 Å². The second-order valence-corrected chi connectivity index (χ2v) is 7.54. The second kappa shape index (κ2) is 12.1. The van der Waals surface area contributed by atoms with Gasteiger partial charge in [-0.2, -0.15) is 5.11 Å². The summed E-state index contributed by atoms with van der Waals surface area (Å²) < 4.78 is 15.2. The summed E-state index contributed by atoms with van der Waals surface area (Å²) in [7, 11) is 1.41. The van der Waals surface area contributed by atoms with E-state index in [4.69, 9.17) is 14.2 Å². The zero-order chi connectivity index (χ0) is 26.1. The number of hydrogen-bond acceptors (Lipinski definition) is 9. The van der Waals surface area contributed by atoms with Gasteiger partial charge in [-0.1, -0.05) is 36.9 Å². The summed E-state index contributed by atoms with van der Waals surface area (Å²) in [6.07, 6.45) is 0. The summed E-state index contributed by atoms with van der Waals surface area (Å²) in [5, 5.41) is 18.6. The van der Waals surface area contributed by atoms with Gasteiger partial charge in [-0.3, -0.25) is 4.79 Å². The molecule has 0 aromatic heterocycles. The van der Waals surface area contributed by atoms with Crippen LogP contribution >= 0.6 is 0 Å². The average molecular weight is 488 g/mol. The van der Waals surface area contributed by atoms with Gasteiger partial charge in [0.15, 0.2) is 5.78 Å². The number of ketones is 1. The van der Waals surface area contributed by atoms with E-state index in [0.717, 1.165) is 0 Å². The van der Waals surface area contributed by atoms with Crippen molar-refractivity contribution in [3.8, 4) is 11.5 Å². The highest BCUT2D eigenvalue weighted by Gasteiger charge is 2.17. The van der Waals surface area contributed by atoms with Crippen molar-refractivity contribution in [3.05, 3.63) is 95.6 Å². The second-order valence-electron chi connectivity index (χ2n) is 7.54. The number of carbonyl (C=O) groups is 3. The van der Waals surface area contributed by atoms with E-state index in [1.165, 1.54) is 38.3 Å². The molecule has 0 aliphatic heterocycles. The Balaban J connectivity index is 1.69. The average Bonchev–Trinajstić information content (AvgIpc) is 2.90. The Kier molecular flexibility index (Phi) is 8.66. The van der Waals surface area contributed by atoms with Gasteiger partial charge in [0, 0.05) is 17.2 Å². The molecule has 0 amide bonds. The highest BCUT2D eigenvalue weighted by atomic mass is 16.6. The first-order valence-electron chi connectivity index (χ1n) is 10.8. The number of carbonyl (C=O) groups excluding carboxylic acids is 3. The Labute approximate surface area is 207 Å². The standard InChI is InChI=1S/C27H24N2O7/c1-17(2)26(32)35-13-14-36-27(33)19-9-11-20(12-10-19)28-29-22-15-21(23(30)16-24(22)34-3)25(31)18-7-5-4-6-8-18/h4-12,15-16,30H,1,13-14H2,2-3H3/b29-28+. The van der Waals surface area contributed by atoms with Gasteiger partial charge >= 0.3 is 11.9 Å².